The molecule has 1 aliphatic heterocycles. The van der Waals surface area contributed by atoms with Crippen molar-refractivity contribution in [2.24, 2.45) is 0 Å². The summed E-state index contributed by atoms with van der Waals surface area (Å²) in [6.07, 6.45) is 21.0. The minimum Gasteiger partial charge on any atom is -0.186 e. The summed E-state index contributed by atoms with van der Waals surface area (Å²) < 4.78 is 0. The fourth-order valence-electron chi connectivity index (χ4n) is 2.25. The highest BCUT2D eigenvalue weighted by atomic mass is 32.2. The molecule has 0 saturated carbocycles. The molecule has 118 valence electrons. The van der Waals surface area contributed by atoms with E-state index in [-0.39, 0.29) is 5.62 Å². The predicted octanol–water partition coefficient (Wildman–Crippen LogP) is 6.22. The van der Waals surface area contributed by atoms with E-state index in [2.05, 4.69) is 28.9 Å². The topological polar surface area (TPSA) is 25.1 Å². The zero-order chi connectivity index (χ0) is 14.3. The van der Waals surface area contributed by atoms with Crippen LogP contribution in [-0.2, 0) is 9.78 Å². The molecule has 0 aromatic rings. The molecule has 1 heterocycles. The zero-order valence-corrected chi connectivity index (χ0v) is 14.0. The Balaban J connectivity index is 1.67. The highest BCUT2D eigenvalue weighted by Gasteiger charge is 2.25. The number of hydrogen-bond donors (Lipinski definition) is 0. The minimum atomic E-state index is 0.0555. The Morgan fingerprint density at radius 2 is 1.30 bits per heavy atom. The smallest absolute Gasteiger partial charge is 0.186 e. The molecule has 3 heteroatoms. The summed E-state index contributed by atoms with van der Waals surface area (Å²) in [5, 5.41) is 0. The van der Waals surface area contributed by atoms with Crippen LogP contribution in [-0.4, -0.2) is 11.4 Å². The van der Waals surface area contributed by atoms with Crippen molar-refractivity contribution in [1.82, 2.24) is 0 Å². The molecule has 0 atom stereocenters. The molecule has 1 saturated heterocycles. The van der Waals surface area contributed by atoms with Gasteiger partial charge in [-0.15, -0.1) is 0 Å². The first-order valence-corrected chi connectivity index (χ1v) is 9.57. The SMILES string of the molecule is CCCCCCCC/C=C\CCCCCCSC1OO1. The Morgan fingerprint density at radius 3 is 1.90 bits per heavy atom. The molecule has 0 unspecified atom stereocenters. The minimum absolute atomic E-state index is 0.0555. The highest BCUT2D eigenvalue weighted by molar-refractivity contribution is 7.99. The van der Waals surface area contributed by atoms with E-state index in [1.807, 2.05) is 0 Å². The summed E-state index contributed by atoms with van der Waals surface area (Å²) >= 11 is 1.77. The van der Waals surface area contributed by atoms with Crippen molar-refractivity contribution < 1.29 is 9.78 Å². The standard InChI is InChI=1S/C17H32O2S/c1-2-3-4-5-6-7-8-9-10-11-12-13-14-15-16-20-17-18-19-17/h9-10,17H,2-8,11-16H2,1H3/b10-9-. The summed E-state index contributed by atoms with van der Waals surface area (Å²) in [5.74, 6) is 1.17. The van der Waals surface area contributed by atoms with Gasteiger partial charge >= 0.3 is 0 Å². The monoisotopic (exact) mass is 300 g/mol. The van der Waals surface area contributed by atoms with Gasteiger partial charge in [-0.25, -0.2) is 0 Å². The van der Waals surface area contributed by atoms with Crippen LogP contribution >= 0.6 is 11.8 Å². The Labute approximate surface area is 129 Å². The van der Waals surface area contributed by atoms with Crippen LogP contribution in [0.2, 0.25) is 0 Å². The number of thioether (sulfide) groups is 1. The third-order valence-corrected chi connectivity index (χ3v) is 4.54. The van der Waals surface area contributed by atoms with E-state index in [9.17, 15) is 0 Å². The molecule has 0 aromatic carbocycles. The van der Waals surface area contributed by atoms with E-state index in [0.717, 1.165) is 0 Å². The van der Waals surface area contributed by atoms with Gasteiger partial charge in [0.15, 0.2) is 0 Å². The van der Waals surface area contributed by atoms with Gasteiger partial charge in [-0.1, -0.05) is 75.8 Å². The molecule has 1 fully saturated rings. The molecule has 0 radical (unpaired) electrons. The molecule has 0 spiro atoms. The average molecular weight is 301 g/mol. The summed E-state index contributed by atoms with van der Waals surface area (Å²) in [4.78, 5) is 9.36. The fraction of sp³-hybridized carbons (Fsp3) is 0.882. The van der Waals surface area contributed by atoms with Crippen molar-refractivity contribution in [3.63, 3.8) is 0 Å². The lowest BCUT2D eigenvalue weighted by Crippen LogP contribution is -1.84. The van der Waals surface area contributed by atoms with Gasteiger partial charge in [0, 0.05) is 0 Å². The van der Waals surface area contributed by atoms with Crippen molar-refractivity contribution >= 4 is 11.8 Å². The molecule has 1 rings (SSSR count). The third-order valence-electron chi connectivity index (χ3n) is 3.58. The number of allylic oxidation sites excluding steroid dienone is 2. The molecule has 0 aromatic heterocycles. The van der Waals surface area contributed by atoms with Crippen LogP contribution < -0.4 is 0 Å². The van der Waals surface area contributed by atoms with E-state index in [1.54, 1.807) is 11.8 Å². The van der Waals surface area contributed by atoms with E-state index in [0.29, 0.717) is 0 Å². The van der Waals surface area contributed by atoms with Crippen LogP contribution in [0.5, 0.6) is 0 Å². The predicted molar refractivity (Wildman–Crippen MR) is 88.6 cm³/mol. The second kappa shape index (κ2) is 14.0. The van der Waals surface area contributed by atoms with Crippen LogP contribution in [0.4, 0.5) is 0 Å². The van der Waals surface area contributed by atoms with Crippen molar-refractivity contribution in [2.45, 2.75) is 89.6 Å². The summed E-state index contributed by atoms with van der Waals surface area (Å²) in [7, 11) is 0. The lowest BCUT2D eigenvalue weighted by molar-refractivity contribution is 0.0850. The Morgan fingerprint density at radius 1 is 0.750 bits per heavy atom. The van der Waals surface area contributed by atoms with E-state index >= 15 is 0 Å². The van der Waals surface area contributed by atoms with Gasteiger partial charge in [0.1, 0.15) is 0 Å². The van der Waals surface area contributed by atoms with Gasteiger partial charge in [-0.05, 0) is 37.9 Å². The maximum absolute atomic E-state index is 4.68. The summed E-state index contributed by atoms with van der Waals surface area (Å²) in [5.41, 5.74) is 0.0555. The fourth-order valence-corrected chi connectivity index (χ4v) is 2.97. The highest BCUT2D eigenvalue weighted by Crippen LogP contribution is 2.26. The largest absolute Gasteiger partial charge is 0.270 e. The van der Waals surface area contributed by atoms with E-state index in [1.165, 1.54) is 82.8 Å². The lowest BCUT2D eigenvalue weighted by Gasteiger charge is -1.99. The Kier molecular flexibility index (Phi) is 12.6. The second-order valence-electron chi connectivity index (χ2n) is 5.58. The van der Waals surface area contributed by atoms with Crippen LogP contribution in [0.3, 0.4) is 0 Å². The summed E-state index contributed by atoms with van der Waals surface area (Å²) in [6.45, 7) is 2.28. The molecule has 20 heavy (non-hydrogen) atoms. The molecule has 0 amide bonds. The number of hydrogen-bond acceptors (Lipinski definition) is 3. The van der Waals surface area contributed by atoms with E-state index in [4.69, 9.17) is 0 Å². The van der Waals surface area contributed by atoms with Crippen LogP contribution in [0.15, 0.2) is 12.2 Å². The van der Waals surface area contributed by atoms with Crippen LogP contribution in [0.1, 0.15) is 84.0 Å². The second-order valence-corrected chi connectivity index (χ2v) is 6.71. The molecule has 0 aliphatic carbocycles. The van der Waals surface area contributed by atoms with Gasteiger partial charge in [0.25, 0.3) is 5.62 Å². The van der Waals surface area contributed by atoms with E-state index < -0.39 is 0 Å². The number of unbranched alkanes of at least 4 members (excludes halogenated alkanes) is 10. The molecule has 1 aliphatic rings. The molecular weight excluding hydrogens is 268 g/mol. The Bertz CT molecular complexity index is 227. The van der Waals surface area contributed by atoms with Gasteiger partial charge in [0.05, 0.1) is 0 Å². The van der Waals surface area contributed by atoms with Gasteiger partial charge in [-0.3, -0.25) is 0 Å². The molecule has 0 N–H and O–H groups in total. The average Bonchev–Trinajstić information content (AvgIpc) is 3.27. The quantitative estimate of drug-likeness (QED) is 0.155. The first-order chi connectivity index (χ1) is 9.93. The lowest BCUT2D eigenvalue weighted by atomic mass is 10.1. The molecule has 2 nitrogen and oxygen atoms in total. The van der Waals surface area contributed by atoms with Crippen LogP contribution in [0.25, 0.3) is 0 Å². The first-order valence-electron chi connectivity index (χ1n) is 8.52. The Hall–Kier alpha value is 0.01000. The van der Waals surface area contributed by atoms with Crippen molar-refractivity contribution in [2.75, 3.05) is 5.75 Å². The third kappa shape index (κ3) is 13.0. The van der Waals surface area contributed by atoms with Crippen molar-refractivity contribution in [1.29, 1.82) is 0 Å². The number of rotatable bonds is 15. The summed E-state index contributed by atoms with van der Waals surface area (Å²) in [6, 6.07) is 0. The zero-order valence-electron chi connectivity index (χ0n) is 13.1. The maximum atomic E-state index is 4.68. The van der Waals surface area contributed by atoms with Gasteiger partial charge in [-0.2, -0.15) is 9.78 Å². The van der Waals surface area contributed by atoms with Crippen molar-refractivity contribution in [3.05, 3.63) is 12.2 Å². The molecule has 0 bridgehead atoms. The van der Waals surface area contributed by atoms with Gasteiger partial charge < -0.3 is 0 Å². The van der Waals surface area contributed by atoms with Gasteiger partial charge in [0.2, 0.25) is 0 Å². The van der Waals surface area contributed by atoms with Crippen molar-refractivity contribution in [3.8, 4) is 0 Å². The molecular formula is C17H32O2S. The van der Waals surface area contributed by atoms with Crippen LogP contribution in [0, 0.1) is 0 Å². The first kappa shape index (κ1) is 18.1. The maximum Gasteiger partial charge on any atom is 0.270 e. The normalized spacial score (nSPS) is 15.2.